The fraction of sp³-hybridized carbons (Fsp3) is 0.304. The van der Waals surface area contributed by atoms with Gasteiger partial charge in [-0.25, -0.2) is 4.39 Å². The molecule has 0 amide bonds. The Morgan fingerprint density at radius 3 is 2.36 bits per heavy atom. The first-order valence-corrected chi connectivity index (χ1v) is 9.70. The van der Waals surface area contributed by atoms with Crippen molar-refractivity contribution in [1.82, 2.24) is 4.90 Å². The van der Waals surface area contributed by atoms with Crippen molar-refractivity contribution in [2.45, 2.75) is 6.10 Å². The number of β-amino-alcohol motifs (C(OH)–C–C–N with tert-alkyl or cyclic N) is 1. The first kappa shape index (κ1) is 18.7. The molecular formula is C23H25FN2O2. The molecule has 0 bridgehead atoms. The first-order chi connectivity index (χ1) is 13.7. The Kier molecular flexibility index (Phi) is 5.74. The van der Waals surface area contributed by atoms with E-state index < -0.39 is 6.10 Å². The van der Waals surface area contributed by atoms with E-state index in [1.807, 2.05) is 42.5 Å². The van der Waals surface area contributed by atoms with Crippen LogP contribution in [0.4, 0.5) is 10.1 Å². The molecule has 1 atom stereocenters. The lowest BCUT2D eigenvalue weighted by atomic mass is 10.1. The lowest BCUT2D eigenvalue weighted by Crippen LogP contribution is -2.49. The Labute approximate surface area is 164 Å². The summed E-state index contributed by atoms with van der Waals surface area (Å²) in [6.45, 7) is 4.32. The highest BCUT2D eigenvalue weighted by Gasteiger charge is 2.19. The maximum absolute atomic E-state index is 13.1. The quantitative estimate of drug-likeness (QED) is 0.710. The molecule has 0 spiro atoms. The van der Waals surface area contributed by atoms with Gasteiger partial charge in [-0.15, -0.1) is 0 Å². The standard InChI is InChI=1S/C23H25FN2O2/c24-20-6-8-21(9-7-20)26-13-11-25(12-14-26)16-22(27)17-28-23-10-5-18-3-1-2-4-19(18)15-23/h1-10,15,22,27H,11-14,16-17H2/t22-/m0/s1. The van der Waals surface area contributed by atoms with Crippen LogP contribution in [-0.4, -0.2) is 55.4 Å². The van der Waals surface area contributed by atoms with E-state index >= 15 is 0 Å². The summed E-state index contributed by atoms with van der Waals surface area (Å²) in [5.41, 5.74) is 1.04. The van der Waals surface area contributed by atoms with Crippen molar-refractivity contribution in [3.63, 3.8) is 0 Å². The van der Waals surface area contributed by atoms with Gasteiger partial charge >= 0.3 is 0 Å². The number of piperazine rings is 1. The van der Waals surface area contributed by atoms with E-state index in [4.69, 9.17) is 4.74 Å². The summed E-state index contributed by atoms with van der Waals surface area (Å²) in [6.07, 6.45) is -0.538. The number of halogens is 1. The van der Waals surface area contributed by atoms with Gasteiger partial charge in [0.05, 0.1) is 0 Å². The Morgan fingerprint density at radius 1 is 0.893 bits per heavy atom. The van der Waals surface area contributed by atoms with Crippen LogP contribution in [0.3, 0.4) is 0 Å². The SMILES string of the molecule is O[C@H](COc1ccc2ccccc2c1)CN1CCN(c2ccc(F)cc2)CC1. The summed E-state index contributed by atoms with van der Waals surface area (Å²) < 4.78 is 18.9. The van der Waals surface area contributed by atoms with E-state index in [1.54, 1.807) is 0 Å². The zero-order valence-electron chi connectivity index (χ0n) is 15.8. The van der Waals surface area contributed by atoms with Gasteiger partial charge in [0.2, 0.25) is 0 Å². The maximum atomic E-state index is 13.1. The molecule has 1 saturated heterocycles. The number of aliphatic hydroxyl groups is 1. The second-order valence-electron chi connectivity index (χ2n) is 7.24. The molecule has 1 aliphatic rings. The normalized spacial score (nSPS) is 16.3. The van der Waals surface area contributed by atoms with E-state index in [-0.39, 0.29) is 12.4 Å². The van der Waals surface area contributed by atoms with Gasteiger partial charge in [0.25, 0.3) is 0 Å². The van der Waals surface area contributed by atoms with Crippen LogP contribution in [0, 0.1) is 5.82 Å². The Morgan fingerprint density at radius 2 is 1.61 bits per heavy atom. The summed E-state index contributed by atoms with van der Waals surface area (Å²) in [4.78, 5) is 4.49. The molecule has 5 heteroatoms. The number of ether oxygens (including phenoxy) is 1. The summed E-state index contributed by atoms with van der Waals surface area (Å²) >= 11 is 0. The van der Waals surface area contributed by atoms with E-state index in [0.29, 0.717) is 6.54 Å². The van der Waals surface area contributed by atoms with Crippen molar-refractivity contribution < 1.29 is 14.2 Å². The average molecular weight is 380 g/mol. The van der Waals surface area contributed by atoms with Crippen LogP contribution in [-0.2, 0) is 0 Å². The molecule has 4 rings (SSSR count). The summed E-state index contributed by atoms with van der Waals surface area (Å²) in [5, 5.41) is 12.7. The minimum Gasteiger partial charge on any atom is -0.491 e. The highest BCUT2D eigenvalue weighted by atomic mass is 19.1. The monoisotopic (exact) mass is 380 g/mol. The molecule has 0 radical (unpaired) electrons. The topological polar surface area (TPSA) is 35.9 Å². The predicted molar refractivity (Wildman–Crippen MR) is 111 cm³/mol. The number of aliphatic hydroxyl groups excluding tert-OH is 1. The van der Waals surface area contributed by atoms with Crippen LogP contribution in [0.15, 0.2) is 66.7 Å². The minimum atomic E-state index is -0.538. The van der Waals surface area contributed by atoms with Gasteiger partial charge in [-0.05, 0) is 47.2 Å². The van der Waals surface area contributed by atoms with Crippen LogP contribution in [0.5, 0.6) is 5.75 Å². The summed E-state index contributed by atoms with van der Waals surface area (Å²) in [6, 6.07) is 20.7. The lowest BCUT2D eigenvalue weighted by molar-refractivity contribution is 0.0663. The smallest absolute Gasteiger partial charge is 0.123 e. The number of fused-ring (bicyclic) bond motifs is 1. The van der Waals surface area contributed by atoms with Crippen LogP contribution in [0.1, 0.15) is 0 Å². The first-order valence-electron chi connectivity index (χ1n) is 9.70. The summed E-state index contributed by atoms with van der Waals surface area (Å²) in [7, 11) is 0. The molecular weight excluding hydrogens is 355 g/mol. The predicted octanol–water partition coefficient (Wildman–Crippen LogP) is 3.54. The van der Waals surface area contributed by atoms with E-state index in [0.717, 1.165) is 43.0 Å². The molecule has 3 aromatic carbocycles. The summed E-state index contributed by atoms with van der Waals surface area (Å²) in [5.74, 6) is 0.566. The van der Waals surface area contributed by atoms with Crippen molar-refractivity contribution in [3.8, 4) is 5.75 Å². The number of hydrogen-bond acceptors (Lipinski definition) is 4. The van der Waals surface area contributed by atoms with E-state index in [9.17, 15) is 9.50 Å². The fourth-order valence-corrected chi connectivity index (χ4v) is 3.64. The van der Waals surface area contributed by atoms with Gasteiger partial charge in [-0.2, -0.15) is 0 Å². The van der Waals surface area contributed by atoms with Crippen molar-refractivity contribution in [2.24, 2.45) is 0 Å². The van der Waals surface area contributed by atoms with Gasteiger partial charge in [0.15, 0.2) is 0 Å². The van der Waals surface area contributed by atoms with Gasteiger partial charge in [0.1, 0.15) is 24.3 Å². The lowest BCUT2D eigenvalue weighted by Gasteiger charge is -2.36. The zero-order valence-corrected chi connectivity index (χ0v) is 15.8. The largest absolute Gasteiger partial charge is 0.491 e. The van der Waals surface area contributed by atoms with Gasteiger partial charge < -0.3 is 14.7 Å². The molecule has 1 heterocycles. The van der Waals surface area contributed by atoms with Crippen LogP contribution < -0.4 is 9.64 Å². The average Bonchev–Trinajstić information content (AvgIpc) is 2.73. The maximum Gasteiger partial charge on any atom is 0.123 e. The van der Waals surface area contributed by atoms with Crippen molar-refractivity contribution >= 4 is 16.5 Å². The molecule has 1 N–H and O–H groups in total. The number of benzene rings is 3. The number of rotatable bonds is 6. The van der Waals surface area contributed by atoms with Gasteiger partial charge in [-0.3, -0.25) is 4.90 Å². The van der Waals surface area contributed by atoms with Crippen LogP contribution in [0.2, 0.25) is 0 Å². The third-order valence-corrected chi connectivity index (χ3v) is 5.20. The molecule has 1 fully saturated rings. The number of hydrogen-bond donors (Lipinski definition) is 1. The number of anilines is 1. The second kappa shape index (κ2) is 8.59. The van der Waals surface area contributed by atoms with Crippen molar-refractivity contribution in [2.75, 3.05) is 44.2 Å². The number of nitrogens with zero attached hydrogens (tertiary/aromatic N) is 2. The molecule has 0 saturated carbocycles. The fourth-order valence-electron chi connectivity index (χ4n) is 3.64. The molecule has 1 aliphatic heterocycles. The highest BCUT2D eigenvalue weighted by Crippen LogP contribution is 2.21. The molecule has 0 unspecified atom stereocenters. The zero-order chi connectivity index (χ0) is 19.3. The van der Waals surface area contributed by atoms with Gasteiger partial charge in [-0.1, -0.05) is 30.3 Å². The minimum absolute atomic E-state index is 0.211. The molecule has 146 valence electrons. The Bertz CT molecular complexity index is 908. The highest BCUT2D eigenvalue weighted by molar-refractivity contribution is 5.83. The molecule has 3 aromatic rings. The van der Waals surface area contributed by atoms with Crippen LogP contribution >= 0.6 is 0 Å². The molecule has 0 aromatic heterocycles. The second-order valence-corrected chi connectivity index (χ2v) is 7.24. The van der Waals surface area contributed by atoms with Crippen molar-refractivity contribution in [1.29, 1.82) is 0 Å². The van der Waals surface area contributed by atoms with E-state index in [1.165, 1.54) is 17.5 Å². The third kappa shape index (κ3) is 4.61. The van der Waals surface area contributed by atoms with Crippen molar-refractivity contribution in [3.05, 3.63) is 72.5 Å². The molecule has 4 nitrogen and oxygen atoms in total. The Hall–Kier alpha value is -2.63. The van der Waals surface area contributed by atoms with Gasteiger partial charge in [0, 0.05) is 38.4 Å². The molecule has 0 aliphatic carbocycles. The Balaban J connectivity index is 1.24. The van der Waals surface area contributed by atoms with E-state index in [2.05, 4.69) is 21.9 Å². The molecule has 28 heavy (non-hydrogen) atoms. The van der Waals surface area contributed by atoms with Crippen LogP contribution in [0.25, 0.3) is 10.8 Å². The third-order valence-electron chi connectivity index (χ3n) is 5.20.